The van der Waals surface area contributed by atoms with Crippen LogP contribution in [0.5, 0.6) is 5.75 Å². The van der Waals surface area contributed by atoms with Crippen molar-refractivity contribution in [3.63, 3.8) is 0 Å². The predicted octanol–water partition coefficient (Wildman–Crippen LogP) is 3.28. The highest BCUT2D eigenvalue weighted by molar-refractivity contribution is 14.0. The molecule has 0 spiro atoms. The molecule has 27 heavy (non-hydrogen) atoms. The molecule has 0 aliphatic heterocycles. The zero-order valence-electron chi connectivity index (χ0n) is 17.3. The maximum atomic E-state index is 12.2. The molecule has 0 bridgehead atoms. The molecule has 0 heterocycles. The van der Waals surface area contributed by atoms with Crippen LogP contribution in [-0.4, -0.2) is 45.1 Å². The van der Waals surface area contributed by atoms with E-state index < -0.39 is 14.6 Å². The standard InChI is InChI=1S/C19H33N3O3S.HI/c1-7-11-25-17-13-15(2)8-9-16(17)14-22-18(20-6)21-10-12-26(23,24)19(3,4)5;/h8-9,13H,7,10-12,14H2,1-6H3,(H2,20,21,22);1H. The Hall–Kier alpha value is -1.03. The lowest BCUT2D eigenvalue weighted by molar-refractivity contribution is 0.313. The minimum atomic E-state index is -3.16. The lowest BCUT2D eigenvalue weighted by atomic mass is 10.1. The molecule has 0 amide bonds. The summed E-state index contributed by atoms with van der Waals surface area (Å²) in [6.07, 6.45) is 0.951. The largest absolute Gasteiger partial charge is 0.493 e. The fraction of sp³-hybridized carbons (Fsp3) is 0.632. The number of aryl methyl sites for hydroxylation is 1. The van der Waals surface area contributed by atoms with Crippen molar-refractivity contribution < 1.29 is 13.2 Å². The topological polar surface area (TPSA) is 79.8 Å². The summed E-state index contributed by atoms with van der Waals surface area (Å²) in [6.45, 7) is 10.8. The van der Waals surface area contributed by atoms with Gasteiger partial charge in [0, 0.05) is 25.7 Å². The van der Waals surface area contributed by atoms with Crippen LogP contribution < -0.4 is 15.4 Å². The molecule has 0 aliphatic carbocycles. The van der Waals surface area contributed by atoms with Crippen molar-refractivity contribution in [3.05, 3.63) is 29.3 Å². The van der Waals surface area contributed by atoms with Crippen molar-refractivity contribution in [2.24, 2.45) is 4.99 Å². The van der Waals surface area contributed by atoms with Crippen LogP contribution in [0.3, 0.4) is 0 Å². The van der Waals surface area contributed by atoms with Crippen LogP contribution in [-0.2, 0) is 16.4 Å². The van der Waals surface area contributed by atoms with Gasteiger partial charge in [0.1, 0.15) is 5.75 Å². The quantitative estimate of drug-likeness (QED) is 0.318. The number of benzene rings is 1. The van der Waals surface area contributed by atoms with E-state index in [9.17, 15) is 8.42 Å². The highest BCUT2D eigenvalue weighted by Gasteiger charge is 2.28. The first-order valence-electron chi connectivity index (χ1n) is 9.00. The van der Waals surface area contributed by atoms with Crippen molar-refractivity contribution in [2.45, 2.75) is 52.3 Å². The van der Waals surface area contributed by atoms with Gasteiger partial charge in [-0.25, -0.2) is 8.42 Å². The minimum absolute atomic E-state index is 0. The average Bonchev–Trinajstić information content (AvgIpc) is 2.56. The van der Waals surface area contributed by atoms with Gasteiger partial charge in [0.2, 0.25) is 0 Å². The van der Waals surface area contributed by atoms with E-state index in [1.54, 1.807) is 27.8 Å². The highest BCUT2D eigenvalue weighted by Crippen LogP contribution is 2.20. The molecule has 6 nitrogen and oxygen atoms in total. The van der Waals surface area contributed by atoms with E-state index in [0.717, 1.165) is 23.3 Å². The molecule has 0 atom stereocenters. The van der Waals surface area contributed by atoms with Gasteiger partial charge < -0.3 is 15.4 Å². The number of rotatable bonds is 8. The number of halogens is 1. The monoisotopic (exact) mass is 511 g/mol. The zero-order chi connectivity index (χ0) is 19.8. The molecule has 0 aliphatic rings. The average molecular weight is 511 g/mol. The van der Waals surface area contributed by atoms with Crippen LogP contribution in [0.1, 0.15) is 45.2 Å². The SMILES string of the molecule is CCCOc1cc(C)ccc1CNC(=NC)NCCS(=O)(=O)C(C)(C)C.I. The molecular weight excluding hydrogens is 477 g/mol. The van der Waals surface area contributed by atoms with Gasteiger partial charge in [0.15, 0.2) is 15.8 Å². The lowest BCUT2D eigenvalue weighted by Crippen LogP contribution is -2.41. The molecule has 1 rings (SSSR count). The molecule has 1 aromatic rings. The maximum Gasteiger partial charge on any atom is 0.191 e. The van der Waals surface area contributed by atoms with E-state index in [-0.39, 0.29) is 29.7 Å². The Bertz CT molecular complexity index is 713. The molecule has 1 aromatic carbocycles. The van der Waals surface area contributed by atoms with Gasteiger partial charge in [0.05, 0.1) is 17.1 Å². The Morgan fingerprint density at radius 2 is 1.89 bits per heavy atom. The summed E-state index contributed by atoms with van der Waals surface area (Å²) in [4.78, 5) is 4.15. The van der Waals surface area contributed by atoms with Gasteiger partial charge in [-0.3, -0.25) is 4.99 Å². The van der Waals surface area contributed by atoms with E-state index >= 15 is 0 Å². The maximum absolute atomic E-state index is 12.2. The van der Waals surface area contributed by atoms with E-state index in [0.29, 0.717) is 25.7 Å². The number of hydrogen-bond acceptors (Lipinski definition) is 4. The van der Waals surface area contributed by atoms with Crippen LogP contribution in [0.25, 0.3) is 0 Å². The van der Waals surface area contributed by atoms with Crippen molar-refractivity contribution in [2.75, 3.05) is 26.0 Å². The normalized spacial score (nSPS) is 12.3. The van der Waals surface area contributed by atoms with Gasteiger partial charge in [-0.1, -0.05) is 19.1 Å². The number of ether oxygens (including phenoxy) is 1. The molecular formula is C19H34IN3O3S. The second-order valence-electron chi connectivity index (χ2n) is 7.24. The number of nitrogens with zero attached hydrogens (tertiary/aromatic N) is 1. The van der Waals surface area contributed by atoms with Gasteiger partial charge in [-0.15, -0.1) is 24.0 Å². The first-order valence-corrected chi connectivity index (χ1v) is 10.6. The van der Waals surface area contributed by atoms with E-state index in [1.807, 2.05) is 25.1 Å². The summed E-state index contributed by atoms with van der Waals surface area (Å²) in [6, 6.07) is 6.10. The Balaban J connectivity index is 0.00000676. The summed E-state index contributed by atoms with van der Waals surface area (Å²) in [5, 5.41) is 6.27. The summed E-state index contributed by atoms with van der Waals surface area (Å²) in [5.74, 6) is 1.49. The zero-order valence-corrected chi connectivity index (χ0v) is 20.4. The molecule has 0 saturated heterocycles. The number of sulfone groups is 1. The highest BCUT2D eigenvalue weighted by atomic mass is 127. The Labute approximate surface area is 181 Å². The Morgan fingerprint density at radius 3 is 2.44 bits per heavy atom. The molecule has 8 heteroatoms. The van der Waals surface area contributed by atoms with Gasteiger partial charge in [-0.05, 0) is 45.7 Å². The van der Waals surface area contributed by atoms with Crippen LogP contribution in [0.4, 0.5) is 0 Å². The summed E-state index contributed by atoms with van der Waals surface area (Å²) in [7, 11) is -1.49. The van der Waals surface area contributed by atoms with Crippen LogP contribution in [0, 0.1) is 6.92 Å². The molecule has 0 aromatic heterocycles. The number of hydrogen-bond donors (Lipinski definition) is 2. The fourth-order valence-electron chi connectivity index (χ4n) is 2.16. The summed E-state index contributed by atoms with van der Waals surface area (Å²) >= 11 is 0. The Kier molecular flexibility index (Phi) is 11.3. The van der Waals surface area contributed by atoms with Gasteiger partial charge in [-0.2, -0.15) is 0 Å². The first-order chi connectivity index (χ1) is 12.1. The number of nitrogens with one attached hydrogen (secondary N) is 2. The number of aliphatic imine (C=N–C) groups is 1. The summed E-state index contributed by atoms with van der Waals surface area (Å²) < 4.78 is 29.4. The van der Waals surface area contributed by atoms with Crippen LogP contribution >= 0.6 is 24.0 Å². The van der Waals surface area contributed by atoms with Crippen LogP contribution in [0.2, 0.25) is 0 Å². The lowest BCUT2D eigenvalue weighted by Gasteiger charge is -2.20. The smallest absolute Gasteiger partial charge is 0.191 e. The predicted molar refractivity (Wildman–Crippen MR) is 124 cm³/mol. The van der Waals surface area contributed by atoms with Crippen molar-refractivity contribution >= 4 is 39.8 Å². The third-order valence-corrected chi connectivity index (χ3v) is 6.56. The summed E-state index contributed by atoms with van der Waals surface area (Å²) in [5.41, 5.74) is 2.18. The van der Waals surface area contributed by atoms with E-state index in [2.05, 4.69) is 22.5 Å². The fourth-order valence-corrected chi connectivity index (χ4v) is 3.15. The third kappa shape index (κ3) is 8.68. The van der Waals surface area contributed by atoms with Gasteiger partial charge in [0.25, 0.3) is 0 Å². The Morgan fingerprint density at radius 1 is 1.22 bits per heavy atom. The molecule has 156 valence electrons. The second-order valence-corrected chi connectivity index (χ2v) is 10.1. The molecule has 0 unspecified atom stereocenters. The van der Waals surface area contributed by atoms with Gasteiger partial charge >= 0.3 is 0 Å². The molecule has 2 N–H and O–H groups in total. The first kappa shape index (κ1) is 26.0. The second kappa shape index (κ2) is 11.7. The van der Waals surface area contributed by atoms with Crippen molar-refractivity contribution in [3.8, 4) is 5.75 Å². The third-order valence-electron chi connectivity index (χ3n) is 3.95. The van der Waals surface area contributed by atoms with Crippen molar-refractivity contribution in [1.82, 2.24) is 10.6 Å². The van der Waals surface area contributed by atoms with E-state index in [1.165, 1.54) is 0 Å². The number of guanidine groups is 1. The minimum Gasteiger partial charge on any atom is -0.493 e. The van der Waals surface area contributed by atoms with Crippen molar-refractivity contribution in [1.29, 1.82) is 0 Å². The van der Waals surface area contributed by atoms with E-state index in [4.69, 9.17) is 4.74 Å². The van der Waals surface area contributed by atoms with Crippen LogP contribution in [0.15, 0.2) is 23.2 Å². The molecule has 0 fully saturated rings. The molecule has 0 saturated carbocycles. The molecule has 0 radical (unpaired) electrons.